The van der Waals surface area contributed by atoms with E-state index in [0.29, 0.717) is 29.0 Å². The molecule has 0 unspecified atom stereocenters. The normalized spacial score (nSPS) is 13.3. The maximum Gasteiger partial charge on any atom is 0.167 e. The zero-order valence-electron chi connectivity index (χ0n) is 29.8. The van der Waals surface area contributed by atoms with Gasteiger partial charge in [0.25, 0.3) is 0 Å². The maximum absolute atomic E-state index is 6.94. The molecule has 0 bridgehead atoms. The minimum atomic E-state index is -0.131. The minimum Gasteiger partial charge on any atom is -0.455 e. The van der Waals surface area contributed by atoms with E-state index in [1.807, 2.05) is 85.2 Å². The molecule has 7 heteroatoms. The molecule has 0 aliphatic heterocycles. The first-order chi connectivity index (χ1) is 25.3. The Hall–Kier alpha value is -5.92. The van der Waals surface area contributed by atoms with E-state index in [9.17, 15) is 0 Å². The summed E-state index contributed by atoms with van der Waals surface area (Å²) in [7, 11) is 0.864. The predicted molar refractivity (Wildman–Crippen MR) is 220 cm³/mol. The zero-order valence-corrected chi connectivity index (χ0v) is 30.6. The van der Waals surface area contributed by atoms with E-state index in [1.54, 1.807) is 11.3 Å². The fourth-order valence-electron chi connectivity index (χ4n) is 7.25. The van der Waals surface area contributed by atoms with Crippen molar-refractivity contribution in [1.82, 2.24) is 19.9 Å². The van der Waals surface area contributed by atoms with Gasteiger partial charge in [0.15, 0.2) is 17.5 Å². The van der Waals surface area contributed by atoms with Crippen molar-refractivity contribution >= 4 is 52.1 Å². The smallest absolute Gasteiger partial charge is 0.167 e. The summed E-state index contributed by atoms with van der Waals surface area (Å²) in [5, 5.41) is 0. The number of fused-ring (bicyclic) bond motifs is 5. The highest BCUT2D eigenvalue weighted by Gasteiger charge is 2.37. The number of benzene rings is 4. The molecule has 0 radical (unpaired) electrons. The van der Waals surface area contributed by atoms with Gasteiger partial charge in [-0.1, -0.05) is 131 Å². The van der Waals surface area contributed by atoms with Crippen molar-refractivity contribution in [2.75, 3.05) is 0 Å². The van der Waals surface area contributed by atoms with Gasteiger partial charge in [0.1, 0.15) is 18.8 Å². The van der Waals surface area contributed by atoms with Gasteiger partial charge in [-0.25, -0.2) is 19.9 Å². The number of hydrogen-bond donors (Lipinski definition) is 0. The van der Waals surface area contributed by atoms with Crippen LogP contribution in [0.2, 0.25) is 6.82 Å². The van der Waals surface area contributed by atoms with Crippen molar-refractivity contribution in [3.63, 3.8) is 0 Å². The first-order valence-corrected chi connectivity index (χ1v) is 18.4. The highest BCUT2D eigenvalue weighted by molar-refractivity contribution is 7.17. The highest BCUT2D eigenvalue weighted by Crippen LogP contribution is 2.52. The van der Waals surface area contributed by atoms with Gasteiger partial charge in [-0.3, -0.25) is 0 Å². The topological polar surface area (TPSA) is 64.7 Å². The zero-order chi connectivity index (χ0) is 36.0. The summed E-state index contributed by atoms with van der Waals surface area (Å²) in [4.78, 5) is 19.6. The number of aromatic nitrogens is 4. The Labute approximate surface area is 309 Å². The van der Waals surface area contributed by atoms with Crippen LogP contribution in [-0.4, -0.2) is 27.2 Å². The van der Waals surface area contributed by atoms with Crippen molar-refractivity contribution in [3.8, 4) is 33.9 Å². The number of rotatable bonds is 9. The Morgan fingerprint density at radius 1 is 0.827 bits per heavy atom. The first kappa shape index (κ1) is 33.2. The number of nitrogens with zero attached hydrogens (tertiary/aromatic N) is 4. The van der Waals surface area contributed by atoms with E-state index in [1.165, 1.54) is 27.0 Å². The van der Waals surface area contributed by atoms with Gasteiger partial charge in [-0.2, -0.15) is 0 Å². The molecule has 0 N–H and O–H groups in total. The van der Waals surface area contributed by atoms with Crippen LogP contribution < -0.4 is 0 Å². The molecular formula is C45H37BN4OS. The van der Waals surface area contributed by atoms with E-state index in [0.717, 1.165) is 51.8 Å². The predicted octanol–water partition coefficient (Wildman–Crippen LogP) is 11.3. The van der Waals surface area contributed by atoms with E-state index in [-0.39, 0.29) is 5.41 Å². The SMILES string of the molecule is C=Cc1c(/C(=C\C)c2nc(-c3ccccc3)nc(-c3ccccc3)n2)oc(C(=C)c2ccc3c(c2)-c2c(ccc4ncsc24)C3(C)C)c1/C=C\BC. The number of allylic oxidation sites excluding steroid dienone is 1. The molecule has 252 valence electrons. The van der Waals surface area contributed by atoms with Gasteiger partial charge in [0.05, 0.1) is 21.3 Å². The van der Waals surface area contributed by atoms with Crippen LogP contribution in [-0.2, 0) is 5.41 Å². The number of hydrogen-bond acceptors (Lipinski definition) is 6. The Morgan fingerprint density at radius 3 is 2.13 bits per heavy atom. The minimum absolute atomic E-state index is 0.131. The van der Waals surface area contributed by atoms with E-state index in [2.05, 4.69) is 81.2 Å². The standard InChI is InChI=1S/C45H37BN4OS/c1-7-31-33(23-24-46-6)39(27(3)30-19-20-35-34(25-30)38-36(45(35,4)5)21-22-37-41(38)52-26-47-37)51-40(31)32(8-2)44-49-42(28-15-11-9-12-16-28)48-43(50-44)29-17-13-10-14-18-29/h7-26,46H,1,3H2,2,4-6H3/b24-23-,32-8+. The number of furan rings is 1. The lowest BCUT2D eigenvalue weighted by Gasteiger charge is -2.21. The average molecular weight is 693 g/mol. The van der Waals surface area contributed by atoms with Crippen LogP contribution >= 0.6 is 11.3 Å². The summed E-state index contributed by atoms with van der Waals surface area (Å²) < 4.78 is 8.15. The molecule has 7 aromatic rings. The highest BCUT2D eigenvalue weighted by atomic mass is 32.1. The van der Waals surface area contributed by atoms with Gasteiger partial charge in [-0.05, 0) is 41.3 Å². The third kappa shape index (κ3) is 5.49. The fraction of sp³-hybridized carbons (Fsp3) is 0.111. The Balaban J connectivity index is 1.28. The van der Waals surface area contributed by atoms with Crippen LogP contribution in [0.4, 0.5) is 0 Å². The number of thiazole rings is 1. The largest absolute Gasteiger partial charge is 0.455 e. The summed E-state index contributed by atoms with van der Waals surface area (Å²) in [6.45, 7) is 17.6. The molecule has 0 atom stereocenters. The first-order valence-electron chi connectivity index (χ1n) is 17.5. The summed E-state index contributed by atoms with van der Waals surface area (Å²) in [6.07, 6.45) is 5.97. The second-order valence-electron chi connectivity index (χ2n) is 13.4. The molecule has 0 saturated heterocycles. The molecule has 0 fully saturated rings. The lowest BCUT2D eigenvalue weighted by atomic mass is 9.81. The lowest BCUT2D eigenvalue weighted by Crippen LogP contribution is -2.14. The quantitative estimate of drug-likeness (QED) is 0.141. The van der Waals surface area contributed by atoms with Crippen molar-refractivity contribution < 1.29 is 4.42 Å². The summed E-state index contributed by atoms with van der Waals surface area (Å²) in [5.41, 5.74) is 14.0. The Morgan fingerprint density at radius 2 is 1.50 bits per heavy atom. The second-order valence-corrected chi connectivity index (χ2v) is 14.3. The Kier molecular flexibility index (Phi) is 8.52. The van der Waals surface area contributed by atoms with E-state index < -0.39 is 0 Å². The molecule has 8 rings (SSSR count). The van der Waals surface area contributed by atoms with Gasteiger partial charge in [-0.15, -0.1) is 17.3 Å². The van der Waals surface area contributed by atoms with Crippen molar-refractivity contribution in [3.05, 3.63) is 167 Å². The monoisotopic (exact) mass is 692 g/mol. The van der Waals surface area contributed by atoms with E-state index in [4.69, 9.17) is 19.4 Å². The molecule has 3 aromatic heterocycles. The van der Waals surface area contributed by atoms with Crippen molar-refractivity contribution in [1.29, 1.82) is 0 Å². The van der Waals surface area contributed by atoms with Gasteiger partial charge < -0.3 is 4.42 Å². The molecule has 1 aliphatic rings. The van der Waals surface area contributed by atoms with Crippen LogP contribution in [0.5, 0.6) is 0 Å². The molecule has 0 spiro atoms. The molecule has 1 aliphatic carbocycles. The summed E-state index contributed by atoms with van der Waals surface area (Å²) in [6, 6.07) is 31.0. The molecule has 52 heavy (non-hydrogen) atoms. The fourth-order valence-corrected chi connectivity index (χ4v) is 8.10. The maximum atomic E-state index is 6.94. The second kappa shape index (κ2) is 13.3. The molecule has 5 nitrogen and oxygen atoms in total. The van der Waals surface area contributed by atoms with Crippen LogP contribution in [0.25, 0.3) is 67.4 Å². The Bertz CT molecular complexity index is 2520. The average Bonchev–Trinajstić information content (AvgIpc) is 3.87. The third-order valence-corrected chi connectivity index (χ3v) is 10.8. The molecular weight excluding hydrogens is 655 g/mol. The van der Waals surface area contributed by atoms with Gasteiger partial charge in [0.2, 0.25) is 0 Å². The van der Waals surface area contributed by atoms with Crippen LogP contribution in [0.1, 0.15) is 65.9 Å². The van der Waals surface area contributed by atoms with E-state index >= 15 is 0 Å². The molecule has 0 saturated carbocycles. The lowest BCUT2D eigenvalue weighted by molar-refractivity contribution is 0.539. The third-order valence-electron chi connectivity index (χ3n) is 9.94. The van der Waals surface area contributed by atoms with Crippen LogP contribution in [0.15, 0.2) is 126 Å². The molecule has 4 aromatic carbocycles. The van der Waals surface area contributed by atoms with Crippen LogP contribution in [0, 0.1) is 0 Å². The summed E-state index contributed by atoms with van der Waals surface area (Å²) in [5.74, 6) is 5.14. The molecule has 3 heterocycles. The van der Waals surface area contributed by atoms with Gasteiger partial charge >= 0.3 is 0 Å². The van der Waals surface area contributed by atoms with Crippen molar-refractivity contribution in [2.24, 2.45) is 0 Å². The summed E-state index contributed by atoms with van der Waals surface area (Å²) >= 11 is 1.70. The van der Waals surface area contributed by atoms with Crippen LogP contribution in [0.3, 0.4) is 0 Å². The van der Waals surface area contributed by atoms with Crippen molar-refractivity contribution in [2.45, 2.75) is 33.0 Å². The molecule has 0 amide bonds. The van der Waals surface area contributed by atoms with Gasteiger partial charge in [0, 0.05) is 38.8 Å².